The minimum Gasteiger partial charge on any atom is -0.328 e. The second kappa shape index (κ2) is 6.98. The van der Waals surface area contributed by atoms with Gasteiger partial charge in [0.15, 0.2) is 11.5 Å². The molecule has 9 nitrogen and oxygen atoms in total. The van der Waals surface area contributed by atoms with Crippen LogP contribution in [0.1, 0.15) is 37.8 Å². The molecule has 31 heavy (non-hydrogen) atoms. The average molecular weight is 417 g/mol. The summed E-state index contributed by atoms with van der Waals surface area (Å²) in [7, 11) is 4.09. The van der Waals surface area contributed by atoms with Gasteiger partial charge in [0.25, 0.3) is 11.8 Å². The smallest absolute Gasteiger partial charge is 0.261 e. The Labute approximate surface area is 178 Å². The van der Waals surface area contributed by atoms with Gasteiger partial charge in [0.05, 0.1) is 23.1 Å². The third-order valence-corrected chi connectivity index (χ3v) is 5.94. The zero-order valence-corrected chi connectivity index (χ0v) is 18.0. The van der Waals surface area contributed by atoms with Crippen LogP contribution >= 0.6 is 0 Å². The summed E-state index contributed by atoms with van der Waals surface area (Å²) in [5.74, 6) is -0.226. The van der Waals surface area contributed by atoms with Gasteiger partial charge in [-0.1, -0.05) is 12.1 Å². The summed E-state index contributed by atoms with van der Waals surface area (Å²) >= 11 is 0. The number of imide groups is 1. The van der Waals surface area contributed by atoms with Crippen LogP contribution in [0.15, 0.2) is 30.6 Å². The highest BCUT2D eigenvalue weighted by Crippen LogP contribution is 2.28. The average Bonchev–Trinajstić information content (AvgIpc) is 3.35. The minimum absolute atomic E-state index is 0.0227. The lowest BCUT2D eigenvalue weighted by Crippen LogP contribution is -2.29. The lowest BCUT2D eigenvalue weighted by molar-refractivity contribution is 0.0638. The molecule has 0 radical (unpaired) electrons. The van der Waals surface area contributed by atoms with Crippen LogP contribution in [0.2, 0.25) is 0 Å². The fourth-order valence-corrected chi connectivity index (χ4v) is 4.14. The molecule has 0 N–H and O–H groups in total. The number of likely N-dealkylation sites (N-methyl/N-ethyl adjacent to an activating group) is 1. The third-order valence-electron chi connectivity index (χ3n) is 5.94. The van der Waals surface area contributed by atoms with Crippen LogP contribution in [0.3, 0.4) is 0 Å². The lowest BCUT2D eigenvalue weighted by atomic mass is 10.1. The molecule has 0 aliphatic carbocycles. The van der Waals surface area contributed by atoms with Gasteiger partial charge >= 0.3 is 0 Å². The van der Waals surface area contributed by atoms with E-state index < -0.39 is 0 Å². The van der Waals surface area contributed by atoms with Crippen molar-refractivity contribution in [3.63, 3.8) is 0 Å². The normalized spacial score (nSPS) is 13.9. The zero-order chi connectivity index (χ0) is 21.9. The van der Waals surface area contributed by atoms with Crippen molar-refractivity contribution < 1.29 is 9.59 Å². The highest BCUT2D eigenvalue weighted by atomic mass is 16.2. The monoisotopic (exact) mass is 417 g/mol. The Hall–Kier alpha value is -3.59. The van der Waals surface area contributed by atoms with Gasteiger partial charge in [-0.3, -0.25) is 14.5 Å². The largest absolute Gasteiger partial charge is 0.328 e. The van der Waals surface area contributed by atoms with Crippen molar-refractivity contribution in [1.29, 1.82) is 0 Å². The molecular weight excluding hydrogens is 394 g/mol. The highest BCUT2D eigenvalue weighted by Gasteiger charge is 2.36. The van der Waals surface area contributed by atoms with Gasteiger partial charge in [0.1, 0.15) is 12.0 Å². The Bertz CT molecular complexity index is 1330. The summed E-state index contributed by atoms with van der Waals surface area (Å²) in [5, 5.41) is 5.44. The number of carbonyl (C=O) groups excluding carboxylic acids is 2. The van der Waals surface area contributed by atoms with Gasteiger partial charge in [-0.05, 0) is 45.6 Å². The van der Waals surface area contributed by atoms with Crippen molar-refractivity contribution in [3.8, 4) is 0 Å². The Morgan fingerprint density at radius 1 is 1.00 bits per heavy atom. The summed E-state index contributed by atoms with van der Waals surface area (Å²) in [6.45, 7) is 5.88. The highest BCUT2D eigenvalue weighted by molar-refractivity contribution is 6.21. The second-order valence-corrected chi connectivity index (χ2v) is 8.15. The zero-order valence-electron chi connectivity index (χ0n) is 18.0. The maximum atomic E-state index is 12.7. The van der Waals surface area contributed by atoms with E-state index in [1.54, 1.807) is 35.1 Å². The number of aryl methyl sites for hydroxylation is 1. The molecule has 1 aliphatic heterocycles. The molecule has 0 saturated heterocycles. The standard InChI is InChI=1S/C22H23N7O2/c1-13-14(2)27(10-9-26(3)4)19-18(13)20-24-17(25-29(20)12-23-19)11-28-21(30)15-7-5-6-8-16(15)22(28)31/h5-8,12H,9-11H2,1-4H3. The number of carbonyl (C=O) groups is 2. The molecule has 0 spiro atoms. The van der Waals surface area contributed by atoms with Crippen molar-refractivity contribution in [2.75, 3.05) is 20.6 Å². The summed E-state index contributed by atoms with van der Waals surface area (Å²) in [6, 6.07) is 6.85. The van der Waals surface area contributed by atoms with Crippen LogP contribution in [0.25, 0.3) is 16.7 Å². The van der Waals surface area contributed by atoms with Gasteiger partial charge in [0, 0.05) is 18.8 Å². The molecule has 2 amide bonds. The molecular formula is C22H23N7O2. The minimum atomic E-state index is -0.315. The number of fused-ring (bicyclic) bond motifs is 4. The summed E-state index contributed by atoms with van der Waals surface area (Å²) in [5.41, 5.74) is 4.63. The lowest BCUT2D eigenvalue weighted by Gasteiger charge is -2.12. The molecule has 0 saturated carbocycles. The van der Waals surface area contributed by atoms with Crippen LogP contribution in [0.4, 0.5) is 0 Å². The third kappa shape index (κ3) is 2.92. The summed E-state index contributed by atoms with van der Waals surface area (Å²) < 4.78 is 3.82. The number of amides is 2. The molecule has 0 bridgehead atoms. The molecule has 5 rings (SSSR count). The SMILES string of the molecule is Cc1c(C)n(CCN(C)C)c2ncn3nc(CN4C(=O)c5ccccc5C4=O)nc3c12. The van der Waals surface area contributed by atoms with Crippen molar-refractivity contribution in [3.05, 3.63) is 58.8 Å². The molecule has 3 aromatic heterocycles. The van der Waals surface area contributed by atoms with E-state index in [4.69, 9.17) is 0 Å². The van der Waals surface area contributed by atoms with Crippen LogP contribution in [0.5, 0.6) is 0 Å². The van der Waals surface area contributed by atoms with Crippen molar-refractivity contribution in [2.24, 2.45) is 0 Å². The molecule has 4 aromatic rings. The van der Waals surface area contributed by atoms with Crippen molar-refractivity contribution >= 4 is 28.5 Å². The molecule has 4 heterocycles. The molecule has 0 atom stereocenters. The summed E-state index contributed by atoms with van der Waals surface area (Å²) in [4.78, 5) is 38.0. The fourth-order valence-electron chi connectivity index (χ4n) is 4.14. The van der Waals surface area contributed by atoms with E-state index in [1.807, 2.05) is 14.1 Å². The number of rotatable bonds is 5. The number of benzene rings is 1. The Balaban J connectivity index is 1.54. The number of aromatic nitrogens is 5. The van der Waals surface area contributed by atoms with Crippen LogP contribution in [-0.4, -0.2) is 66.4 Å². The summed E-state index contributed by atoms with van der Waals surface area (Å²) in [6.07, 6.45) is 1.64. The van der Waals surface area contributed by atoms with Crippen LogP contribution < -0.4 is 0 Å². The quantitative estimate of drug-likeness (QED) is 0.462. The fraction of sp³-hybridized carbons (Fsp3) is 0.318. The van der Waals surface area contributed by atoms with Gasteiger partial charge in [-0.2, -0.15) is 0 Å². The molecule has 9 heteroatoms. The Morgan fingerprint density at radius 3 is 2.32 bits per heavy atom. The number of hydrogen-bond donors (Lipinski definition) is 0. The molecule has 158 valence electrons. The van der Waals surface area contributed by atoms with E-state index in [-0.39, 0.29) is 18.4 Å². The van der Waals surface area contributed by atoms with Crippen LogP contribution in [0, 0.1) is 13.8 Å². The van der Waals surface area contributed by atoms with E-state index in [9.17, 15) is 9.59 Å². The molecule has 1 aliphatic rings. The topological polar surface area (TPSA) is 88.6 Å². The first-order valence-corrected chi connectivity index (χ1v) is 10.2. The first-order valence-electron chi connectivity index (χ1n) is 10.2. The number of hydrogen-bond acceptors (Lipinski definition) is 6. The molecule has 0 fully saturated rings. The van der Waals surface area contributed by atoms with Crippen molar-refractivity contribution in [2.45, 2.75) is 26.9 Å². The molecule has 0 unspecified atom stereocenters. The first-order chi connectivity index (χ1) is 14.9. The first kappa shape index (κ1) is 19.4. The molecule has 1 aromatic carbocycles. The predicted molar refractivity (Wildman–Crippen MR) is 115 cm³/mol. The van der Waals surface area contributed by atoms with E-state index in [0.29, 0.717) is 22.6 Å². The van der Waals surface area contributed by atoms with E-state index >= 15 is 0 Å². The predicted octanol–water partition coefficient (Wildman–Crippen LogP) is 2.05. The van der Waals surface area contributed by atoms with Gasteiger partial charge in [0.2, 0.25) is 0 Å². The van der Waals surface area contributed by atoms with E-state index in [1.165, 1.54) is 4.90 Å². The number of nitrogens with zero attached hydrogens (tertiary/aromatic N) is 7. The van der Waals surface area contributed by atoms with Gasteiger partial charge in [-0.25, -0.2) is 14.5 Å². The Kier molecular flexibility index (Phi) is 4.37. The van der Waals surface area contributed by atoms with Crippen LogP contribution in [-0.2, 0) is 13.1 Å². The maximum absolute atomic E-state index is 12.7. The van der Waals surface area contributed by atoms with Gasteiger partial charge < -0.3 is 9.47 Å². The maximum Gasteiger partial charge on any atom is 0.261 e. The second-order valence-electron chi connectivity index (χ2n) is 8.15. The van der Waals surface area contributed by atoms with Crippen molar-refractivity contribution in [1.82, 2.24) is 33.9 Å². The van der Waals surface area contributed by atoms with E-state index in [2.05, 4.69) is 38.4 Å². The van der Waals surface area contributed by atoms with E-state index in [0.717, 1.165) is 35.4 Å². The Morgan fingerprint density at radius 2 is 1.68 bits per heavy atom. The van der Waals surface area contributed by atoms with Gasteiger partial charge in [-0.15, -0.1) is 5.10 Å².